The van der Waals surface area contributed by atoms with Crippen molar-refractivity contribution in [1.82, 2.24) is 0 Å². The quantitative estimate of drug-likeness (QED) is 0.634. The Hall–Kier alpha value is -0.320. The summed E-state index contributed by atoms with van der Waals surface area (Å²) in [6.07, 6.45) is -2.60. The summed E-state index contributed by atoms with van der Waals surface area (Å²) in [5.74, 6) is -2.29. The molecule has 2 heterocycles. The Labute approximate surface area is 180 Å². The van der Waals surface area contributed by atoms with Gasteiger partial charge in [0.1, 0.15) is 36.6 Å². The van der Waals surface area contributed by atoms with Gasteiger partial charge in [0, 0.05) is 27.4 Å². The second kappa shape index (κ2) is 8.23. The number of ether oxygens (including phenoxy) is 8. The first kappa shape index (κ1) is 24.3. The fraction of sp³-hybridized carbons (Fsp3) is 1.00. The molecule has 176 valence electrons. The molecule has 3 fully saturated rings. The van der Waals surface area contributed by atoms with Gasteiger partial charge in [0.05, 0.1) is 11.2 Å². The molecule has 0 aromatic heterocycles. The summed E-state index contributed by atoms with van der Waals surface area (Å²) >= 11 is 0. The van der Waals surface area contributed by atoms with Crippen LogP contribution >= 0.6 is 0 Å². The zero-order valence-electron chi connectivity index (χ0n) is 20.1. The van der Waals surface area contributed by atoms with Crippen LogP contribution in [0.15, 0.2) is 0 Å². The molecule has 30 heavy (non-hydrogen) atoms. The predicted octanol–water partition coefficient (Wildman–Crippen LogP) is 2.66. The van der Waals surface area contributed by atoms with E-state index in [1.54, 1.807) is 14.2 Å². The van der Waals surface area contributed by atoms with Gasteiger partial charge < -0.3 is 37.9 Å². The molecule has 2 aliphatic heterocycles. The van der Waals surface area contributed by atoms with Crippen LogP contribution in [0.5, 0.6) is 0 Å². The van der Waals surface area contributed by atoms with E-state index in [2.05, 4.69) is 0 Å². The lowest BCUT2D eigenvalue weighted by Crippen LogP contribution is -2.79. The molecule has 0 spiro atoms. The standard InChI is InChI=1S/C22H40O8/c1-11-25-13-15-16(28-20(5,6)19(3,4)27-15)14(26-12-2)18-17(13)29-21(7,23-9)22(8,24-10)30-18/h13-18H,11-12H2,1-10H3/t13-,14+,15-,16-,17+,18+,21-,22-/m0/s1. The molecule has 8 nitrogen and oxygen atoms in total. The van der Waals surface area contributed by atoms with E-state index >= 15 is 0 Å². The molecule has 0 N–H and O–H groups in total. The van der Waals surface area contributed by atoms with Crippen LogP contribution in [0.25, 0.3) is 0 Å². The summed E-state index contributed by atoms with van der Waals surface area (Å²) < 4.78 is 50.1. The Balaban J connectivity index is 2.07. The van der Waals surface area contributed by atoms with Crippen molar-refractivity contribution in [3.63, 3.8) is 0 Å². The molecule has 8 heteroatoms. The van der Waals surface area contributed by atoms with Gasteiger partial charge in [-0.25, -0.2) is 0 Å². The maximum Gasteiger partial charge on any atom is 0.220 e. The first-order chi connectivity index (χ1) is 13.9. The van der Waals surface area contributed by atoms with Gasteiger partial charge in [0.15, 0.2) is 0 Å². The number of methoxy groups -OCH3 is 2. The summed E-state index contributed by atoms with van der Waals surface area (Å²) in [5, 5.41) is 0. The third-order valence-electron chi connectivity index (χ3n) is 7.30. The summed E-state index contributed by atoms with van der Waals surface area (Å²) in [6.45, 7) is 16.7. The summed E-state index contributed by atoms with van der Waals surface area (Å²) in [6, 6.07) is 0. The predicted molar refractivity (Wildman–Crippen MR) is 109 cm³/mol. The largest absolute Gasteiger partial charge is 0.373 e. The number of hydrogen-bond acceptors (Lipinski definition) is 8. The van der Waals surface area contributed by atoms with Gasteiger partial charge in [-0.1, -0.05) is 0 Å². The van der Waals surface area contributed by atoms with Crippen LogP contribution < -0.4 is 0 Å². The zero-order chi connectivity index (χ0) is 22.5. The number of rotatable bonds is 6. The maximum absolute atomic E-state index is 6.63. The smallest absolute Gasteiger partial charge is 0.220 e. The minimum Gasteiger partial charge on any atom is -0.373 e. The fourth-order valence-electron chi connectivity index (χ4n) is 4.59. The summed E-state index contributed by atoms with van der Waals surface area (Å²) in [5.41, 5.74) is -1.07. The highest BCUT2D eigenvalue weighted by Crippen LogP contribution is 2.49. The van der Waals surface area contributed by atoms with Gasteiger partial charge in [-0.3, -0.25) is 0 Å². The van der Waals surface area contributed by atoms with Gasteiger partial charge in [-0.15, -0.1) is 0 Å². The monoisotopic (exact) mass is 432 g/mol. The van der Waals surface area contributed by atoms with Crippen LogP contribution in [-0.4, -0.2) is 86.8 Å². The molecule has 1 saturated carbocycles. The van der Waals surface area contributed by atoms with Crippen molar-refractivity contribution < 1.29 is 37.9 Å². The van der Waals surface area contributed by atoms with E-state index in [0.717, 1.165) is 0 Å². The zero-order valence-corrected chi connectivity index (χ0v) is 20.1. The lowest BCUT2D eigenvalue weighted by Gasteiger charge is -2.62. The Morgan fingerprint density at radius 3 is 1.13 bits per heavy atom. The minimum absolute atomic E-state index is 0.387. The van der Waals surface area contributed by atoms with Crippen molar-refractivity contribution in [1.29, 1.82) is 0 Å². The second-order valence-corrected chi connectivity index (χ2v) is 9.49. The van der Waals surface area contributed by atoms with Crippen LogP contribution in [0, 0.1) is 0 Å². The number of fused-ring (bicyclic) bond motifs is 2. The first-order valence-electron chi connectivity index (χ1n) is 10.9. The molecule has 3 aliphatic rings. The van der Waals surface area contributed by atoms with E-state index in [0.29, 0.717) is 13.2 Å². The SMILES string of the molecule is CCO[C@@H]1[C@@H]2OC(C)(C)C(C)(C)O[C@H]2[C@H](OCC)[C@H]2O[C@](C)(OC)[C@@](C)(OC)O[C@H]12. The lowest BCUT2D eigenvalue weighted by atomic mass is 9.78. The minimum atomic E-state index is -1.15. The molecule has 0 radical (unpaired) electrons. The van der Waals surface area contributed by atoms with Gasteiger partial charge in [-0.2, -0.15) is 0 Å². The Kier molecular flexibility index (Phi) is 6.67. The molecule has 0 bridgehead atoms. The maximum atomic E-state index is 6.63. The van der Waals surface area contributed by atoms with Crippen molar-refractivity contribution in [3.05, 3.63) is 0 Å². The van der Waals surface area contributed by atoms with Crippen LogP contribution in [0.3, 0.4) is 0 Å². The molecule has 8 atom stereocenters. The van der Waals surface area contributed by atoms with Crippen molar-refractivity contribution in [2.75, 3.05) is 27.4 Å². The first-order valence-corrected chi connectivity index (χ1v) is 10.9. The van der Waals surface area contributed by atoms with E-state index in [1.165, 1.54) is 0 Å². The normalized spacial score (nSPS) is 47.4. The fourth-order valence-corrected chi connectivity index (χ4v) is 4.59. The molecular formula is C22H40O8. The van der Waals surface area contributed by atoms with E-state index < -0.39 is 47.2 Å². The van der Waals surface area contributed by atoms with Crippen LogP contribution in [-0.2, 0) is 37.9 Å². The topological polar surface area (TPSA) is 73.8 Å². The molecule has 0 amide bonds. The van der Waals surface area contributed by atoms with Crippen molar-refractivity contribution >= 4 is 0 Å². The van der Waals surface area contributed by atoms with Gasteiger partial charge in [-0.05, 0) is 55.4 Å². The Morgan fingerprint density at radius 2 is 0.867 bits per heavy atom. The number of hydrogen-bond donors (Lipinski definition) is 0. The molecule has 2 saturated heterocycles. The van der Waals surface area contributed by atoms with Crippen LogP contribution in [0.4, 0.5) is 0 Å². The Bertz CT molecular complexity index is 558. The lowest BCUT2D eigenvalue weighted by molar-refractivity contribution is -0.481. The van der Waals surface area contributed by atoms with Gasteiger partial charge in [0.25, 0.3) is 0 Å². The van der Waals surface area contributed by atoms with Crippen LogP contribution in [0.1, 0.15) is 55.4 Å². The average Bonchev–Trinajstić information content (AvgIpc) is 2.67. The molecule has 1 aliphatic carbocycles. The molecule has 0 aromatic carbocycles. The highest BCUT2D eigenvalue weighted by molar-refractivity contribution is 5.11. The van der Waals surface area contributed by atoms with E-state index in [1.807, 2.05) is 55.4 Å². The average molecular weight is 433 g/mol. The van der Waals surface area contributed by atoms with Crippen LogP contribution in [0.2, 0.25) is 0 Å². The third-order valence-corrected chi connectivity index (χ3v) is 7.30. The summed E-state index contributed by atoms with van der Waals surface area (Å²) in [4.78, 5) is 0. The van der Waals surface area contributed by atoms with E-state index in [9.17, 15) is 0 Å². The molecule has 0 unspecified atom stereocenters. The van der Waals surface area contributed by atoms with Crippen molar-refractivity contribution in [2.45, 2.75) is 115 Å². The second-order valence-electron chi connectivity index (χ2n) is 9.49. The summed E-state index contributed by atoms with van der Waals surface area (Å²) in [7, 11) is 3.16. The molecular weight excluding hydrogens is 392 g/mol. The van der Waals surface area contributed by atoms with E-state index in [-0.39, 0.29) is 12.2 Å². The van der Waals surface area contributed by atoms with Crippen molar-refractivity contribution in [3.8, 4) is 0 Å². The van der Waals surface area contributed by atoms with Crippen molar-refractivity contribution in [2.24, 2.45) is 0 Å². The third kappa shape index (κ3) is 3.63. The molecule has 0 aromatic rings. The molecule has 3 rings (SSSR count). The van der Waals surface area contributed by atoms with E-state index in [4.69, 9.17) is 37.9 Å². The highest BCUT2D eigenvalue weighted by atomic mass is 16.8. The highest BCUT2D eigenvalue weighted by Gasteiger charge is 2.67. The Morgan fingerprint density at radius 1 is 0.567 bits per heavy atom. The van der Waals surface area contributed by atoms with Gasteiger partial charge in [0.2, 0.25) is 11.6 Å². The van der Waals surface area contributed by atoms with Gasteiger partial charge >= 0.3 is 0 Å².